The van der Waals surface area contributed by atoms with E-state index in [0.29, 0.717) is 18.7 Å². The summed E-state index contributed by atoms with van der Waals surface area (Å²) in [6, 6.07) is 0. The summed E-state index contributed by atoms with van der Waals surface area (Å²) in [5.74, 6) is 0. The second kappa shape index (κ2) is 3.38. The van der Waals surface area contributed by atoms with Crippen LogP contribution in [0.1, 0.15) is 18.5 Å². The molecule has 0 aliphatic carbocycles. The van der Waals surface area contributed by atoms with Crippen LogP contribution in [0.5, 0.6) is 0 Å². The highest BCUT2D eigenvalue weighted by atomic mass is 19.1. The number of nitrogens with zero attached hydrogens (tertiary/aromatic N) is 2. The van der Waals surface area contributed by atoms with Gasteiger partial charge in [0.05, 0.1) is 11.9 Å². The van der Waals surface area contributed by atoms with Gasteiger partial charge in [-0.1, -0.05) is 0 Å². The third-order valence-electron chi connectivity index (χ3n) is 2.35. The molecule has 1 atom stereocenters. The minimum Gasteiger partial charge on any atom is -0.313 e. The lowest BCUT2D eigenvalue weighted by Gasteiger charge is -2.28. The van der Waals surface area contributed by atoms with Crippen molar-refractivity contribution in [3.8, 4) is 0 Å². The zero-order valence-electron chi connectivity index (χ0n) is 7.33. The summed E-state index contributed by atoms with van der Waals surface area (Å²) in [5, 5.41) is 3.03. The molecule has 1 saturated heterocycles. The molecule has 1 aliphatic rings. The third kappa shape index (κ3) is 1.67. The lowest BCUT2D eigenvalue weighted by atomic mass is 9.93. The fourth-order valence-electron chi connectivity index (χ4n) is 1.62. The number of aromatic nitrogens is 2. The first-order chi connectivity index (χ1) is 6.31. The Bertz CT molecular complexity index is 269. The number of hydrogen-bond donors (Lipinski definition) is 1. The third-order valence-corrected chi connectivity index (χ3v) is 2.35. The molecule has 1 aromatic heterocycles. The molecule has 2 rings (SSSR count). The van der Waals surface area contributed by atoms with Crippen LogP contribution in [0.2, 0.25) is 0 Å². The van der Waals surface area contributed by atoms with Gasteiger partial charge in [0.25, 0.3) is 0 Å². The van der Waals surface area contributed by atoms with Gasteiger partial charge in [0.2, 0.25) is 0 Å². The Kier molecular flexibility index (Phi) is 2.22. The first kappa shape index (κ1) is 8.56. The van der Waals surface area contributed by atoms with Crippen molar-refractivity contribution in [1.82, 2.24) is 15.3 Å². The van der Waals surface area contributed by atoms with E-state index in [4.69, 9.17) is 0 Å². The maximum atomic E-state index is 14.1. The van der Waals surface area contributed by atoms with Crippen LogP contribution in [-0.4, -0.2) is 23.1 Å². The summed E-state index contributed by atoms with van der Waals surface area (Å²) in [4.78, 5) is 7.87. The molecule has 70 valence electrons. The van der Waals surface area contributed by atoms with Crippen molar-refractivity contribution < 1.29 is 4.39 Å². The molecule has 3 nitrogen and oxygen atoms in total. The molecular formula is C9H12FN3. The van der Waals surface area contributed by atoms with Gasteiger partial charge in [-0.15, -0.1) is 0 Å². The normalized spacial score (nSPS) is 28.7. The fourth-order valence-corrected chi connectivity index (χ4v) is 1.62. The number of halogens is 1. The Hall–Kier alpha value is -1.03. The summed E-state index contributed by atoms with van der Waals surface area (Å²) >= 11 is 0. The van der Waals surface area contributed by atoms with E-state index in [-0.39, 0.29) is 0 Å². The van der Waals surface area contributed by atoms with E-state index in [1.165, 1.54) is 12.4 Å². The molecule has 2 heterocycles. The lowest BCUT2D eigenvalue weighted by molar-refractivity contribution is 0.116. The zero-order chi connectivity index (χ0) is 9.15. The molecule has 1 aliphatic heterocycles. The smallest absolute Gasteiger partial charge is 0.166 e. The first-order valence-corrected chi connectivity index (χ1v) is 4.47. The van der Waals surface area contributed by atoms with Crippen molar-refractivity contribution in [2.75, 3.05) is 13.1 Å². The van der Waals surface area contributed by atoms with Gasteiger partial charge >= 0.3 is 0 Å². The second-order valence-corrected chi connectivity index (χ2v) is 3.34. The minimum atomic E-state index is -1.31. The number of nitrogens with one attached hydrogen (secondary N) is 1. The average Bonchev–Trinajstić information content (AvgIpc) is 2.20. The predicted molar refractivity (Wildman–Crippen MR) is 46.9 cm³/mol. The SMILES string of the molecule is FC1(c2cnccn2)CCCNC1. The lowest BCUT2D eigenvalue weighted by Crippen LogP contribution is -2.40. The average molecular weight is 181 g/mol. The second-order valence-electron chi connectivity index (χ2n) is 3.34. The molecule has 0 spiro atoms. The first-order valence-electron chi connectivity index (χ1n) is 4.47. The van der Waals surface area contributed by atoms with E-state index in [1.54, 1.807) is 6.20 Å². The van der Waals surface area contributed by atoms with Crippen molar-refractivity contribution in [2.24, 2.45) is 0 Å². The number of rotatable bonds is 1. The highest BCUT2D eigenvalue weighted by molar-refractivity contribution is 5.10. The Morgan fingerprint density at radius 3 is 3.00 bits per heavy atom. The summed E-state index contributed by atoms with van der Waals surface area (Å²) in [6.45, 7) is 1.25. The Morgan fingerprint density at radius 2 is 2.38 bits per heavy atom. The summed E-state index contributed by atoms with van der Waals surface area (Å²) in [7, 11) is 0. The maximum absolute atomic E-state index is 14.1. The number of hydrogen-bond acceptors (Lipinski definition) is 3. The van der Waals surface area contributed by atoms with Crippen LogP contribution in [0, 0.1) is 0 Å². The monoisotopic (exact) mass is 181 g/mol. The highest BCUT2D eigenvalue weighted by Crippen LogP contribution is 2.30. The Balaban J connectivity index is 2.23. The van der Waals surface area contributed by atoms with Crippen molar-refractivity contribution in [2.45, 2.75) is 18.5 Å². The molecule has 0 aromatic carbocycles. The topological polar surface area (TPSA) is 37.8 Å². The van der Waals surface area contributed by atoms with Crippen molar-refractivity contribution in [1.29, 1.82) is 0 Å². The molecule has 1 N–H and O–H groups in total. The van der Waals surface area contributed by atoms with Crippen LogP contribution in [0.4, 0.5) is 4.39 Å². The van der Waals surface area contributed by atoms with Crippen LogP contribution in [0.3, 0.4) is 0 Å². The minimum absolute atomic E-state index is 0.353. The van der Waals surface area contributed by atoms with Gasteiger partial charge in [-0.25, -0.2) is 4.39 Å². The van der Waals surface area contributed by atoms with Crippen LogP contribution < -0.4 is 5.32 Å². The van der Waals surface area contributed by atoms with E-state index in [2.05, 4.69) is 15.3 Å². The quantitative estimate of drug-likeness (QED) is 0.703. The molecule has 0 saturated carbocycles. The van der Waals surface area contributed by atoms with Crippen LogP contribution in [0.15, 0.2) is 18.6 Å². The number of piperidine rings is 1. The van der Waals surface area contributed by atoms with E-state index in [1.807, 2.05) is 0 Å². The summed E-state index contributed by atoms with van der Waals surface area (Å²) in [5.41, 5.74) is -0.867. The van der Waals surface area contributed by atoms with Crippen LogP contribution >= 0.6 is 0 Å². The standard InChI is InChI=1S/C9H12FN3/c10-9(2-1-3-12-7-9)8-6-11-4-5-13-8/h4-6,12H,1-3,7H2. The molecule has 0 bridgehead atoms. The fraction of sp³-hybridized carbons (Fsp3) is 0.556. The zero-order valence-corrected chi connectivity index (χ0v) is 7.33. The van der Waals surface area contributed by atoms with Gasteiger partial charge in [0.1, 0.15) is 0 Å². The van der Waals surface area contributed by atoms with Gasteiger partial charge in [-0.3, -0.25) is 9.97 Å². The van der Waals surface area contributed by atoms with Crippen molar-refractivity contribution >= 4 is 0 Å². The molecule has 1 unspecified atom stereocenters. The van der Waals surface area contributed by atoms with E-state index < -0.39 is 5.67 Å². The Morgan fingerprint density at radius 1 is 1.46 bits per heavy atom. The van der Waals surface area contributed by atoms with Crippen LogP contribution in [0.25, 0.3) is 0 Å². The predicted octanol–water partition coefficient (Wildman–Crippen LogP) is 1.02. The summed E-state index contributed by atoms with van der Waals surface area (Å²) in [6.07, 6.45) is 5.99. The number of alkyl halides is 1. The van der Waals surface area contributed by atoms with Gasteiger partial charge < -0.3 is 5.32 Å². The highest BCUT2D eigenvalue weighted by Gasteiger charge is 2.35. The summed E-state index contributed by atoms with van der Waals surface area (Å²) < 4.78 is 14.1. The Labute approximate surface area is 76.4 Å². The van der Waals surface area contributed by atoms with Crippen molar-refractivity contribution in [3.05, 3.63) is 24.3 Å². The molecule has 1 aromatic rings. The maximum Gasteiger partial charge on any atom is 0.166 e. The molecule has 0 amide bonds. The van der Waals surface area contributed by atoms with Crippen molar-refractivity contribution in [3.63, 3.8) is 0 Å². The molecule has 13 heavy (non-hydrogen) atoms. The molecule has 1 fully saturated rings. The van der Waals surface area contributed by atoms with Gasteiger partial charge in [0, 0.05) is 18.9 Å². The van der Waals surface area contributed by atoms with E-state index >= 15 is 0 Å². The van der Waals surface area contributed by atoms with E-state index in [9.17, 15) is 4.39 Å². The van der Waals surface area contributed by atoms with Gasteiger partial charge in [0.15, 0.2) is 5.67 Å². The molecule has 0 radical (unpaired) electrons. The molecule has 4 heteroatoms. The largest absolute Gasteiger partial charge is 0.313 e. The van der Waals surface area contributed by atoms with Gasteiger partial charge in [-0.2, -0.15) is 0 Å². The van der Waals surface area contributed by atoms with Gasteiger partial charge in [-0.05, 0) is 19.4 Å². The van der Waals surface area contributed by atoms with Crippen LogP contribution in [-0.2, 0) is 5.67 Å². The van der Waals surface area contributed by atoms with E-state index in [0.717, 1.165) is 13.0 Å². The molecular weight excluding hydrogens is 169 g/mol.